The molecule has 134 valence electrons. The van der Waals surface area contributed by atoms with E-state index in [9.17, 15) is 4.39 Å². The Bertz CT molecular complexity index is 604. The fourth-order valence-corrected chi connectivity index (χ4v) is 2.55. The topological polar surface area (TPSA) is 37.6 Å². The lowest BCUT2D eigenvalue weighted by molar-refractivity contribution is 0.0383. The number of furan rings is 1. The van der Waals surface area contributed by atoms with Crippen LogP contribution in [0, 0.1) is 5.82 Å². The predicted octanol–water partition coefficient (Wildman–Crippen LogP) is 3.35. The molecular weight excluding hydrogens is 354 g/mol. The molecule has 0 saturated carbocycles. The van der Waals surface area contributed by atoms with Crippen LogP contribution in [0.3, 0.4) is 0 Å². The predicted molar refractivity (Wildman–Crippen MR) is 97.6 cm³/mol. The van der Waals surface area contributed by atoms with E-state index in [1.165, 1.54) is 6.07 Å². The molecule has 2 heterocycles. The first-order chi connectivity index (χ1) is 10.8. The summed E-state index contributed by atoms with van der Waals surface area (Å²) < 4.78 is 24.7. The Morgan fingerprint density at radius 1 is 1.04 bits per heavy atom. The van der Waals surface area contributed by atoms with Crippen LogP contribution >= 0.6 is 24.8 Å². The molecule has 1 fully saturated rings. The molecule has 1 aromatic carbocycles. The van der Waals surface area contributed by atoms with E-state index in [4.69, 9.17) is 9.15 Å². The van der Waals surface area contributed by atoms with Gasteiger partial charge in [0.2, 0.25) is 0 Å². The normalized spacial score (nSPS) is 14.7. The second-order valence-corrected chi connectivity index (χ2v) is 5.38. The van der Waals surface area contributed by atoms with Gasteiger partial charge < -0.3 is 14.5 Å². The lowest BCUT2D eigenvalue weighted by Gasteiger charge is -2.26. The number of morpholine rings is 1. The lowest BCUT2D eigenvalue weighted by atomic mass is 10.1. The van der Waals surface area contributed by atoms with Crippen LogP contribution in [0.2, 0.25) is 0 Å². The Hall–Kier alpha value is -1.11. The van der Waals surface area contributed by atoms with Crippen molar-refractivity contribution in [1.82, 2.24) is 10.2 Å². The maximum Gasteiger partial charge on any atom is 0.137 e. The zero-order chi connectivity index (χ0) is 15.2. The Labute approximate surface area is 154 Å². The number of halogens is 3. The summed E-state index contributed by atoms with van der Waals surface area (Å²) in [5.74, 6) is 1.13. The fraction of sp³-hybridized carbons (Fsp3) is 0.412. The Kier molecular flexibility index (Phi) is 9.33. The van der Waals surface area contributed by atoms with Gasteiger partial charge in [-0.25, -0.2) is 4.39 Å². The zero-order valence-corrected chi connectivity index (χ0v) is 15.0. The van der Waals surface area contributed by atoms with E-state index in [1.807, 2.05) is 12.1 Å². The van der Waals surface area contributed by atoms with Crippen LogP contribution in [0.4, 0.5) is 4.39 Å². The molecule has 0 bridgehead atoms. The molecule has 7 heteroatoms. The van der Waals surface area contributed by atoms with Crippen LogP contribution in [-0.4, -0.2) is 44.3 Å². The van der Waals surface area contributed by atoms with E-state index in [-0.39, 0.29) is 30.6 Å². The van der Waals surface area contributed by atoms with E-state index < -0.39 is 0 Å². The summed E-state index contributed by atoms with van der Waals surface area (Å²) in [7, 11) is 0. The third-order valence-corrected chi connectivity index (χ3v) is 3.81. The van der Waals surface area contributed by atoms with Crippen LogP contribution in [0.5, 0.6) is 0 Å². The molecule has 0 unspecified atom stereocenters. The summed E-state index contributed by atoms with van der Waals surface area (Å²) in [5.41, 5.74) is 0.502. The molecule has 1 aromatic heterocycles. The highest BCUT2D eigenvalue weighted by Crippen LogP contribution is 2.24. The molecule has 1 saturated heterocycles. The van der Waals surface area contributed by atoms with Gasteiger partial charge in [-0.05, 0) is 24.3 Å². The number of nitrogens with zero attached hydrogens (tertiary/aromatic N) is 1. The molecule has 24 heavy (non-hydrogen) atoms. The molecule has 2 aromatic rings. The maximum atomic E-state index is 13.7. The van der Waals surface area contributed by atoms with Gasteiger partial charge in [0.05, 0.1) is 25.3 Å². The van der Waals surface area contributed by atoms with Crippen molar-refractivity contribution >= 4 is 24.8 Å². The second-order valence-electron chi connectivity index (χ2n) is 5.38. The van der Waals surface area contributed by atoms with E-state index in [2.05, 4.69) is 10.2 Å². The average Bonchev–Trinajstić information content (AvgIpc) is 3.02. The monoisotopic (exact) mass is 376 g/mol. The third-order valence-electron chi connectivity index (χ3n) is 3.81. The van der Waals surface area contributed by atoms with E-state index in [0.717, 1.165) is 45.2 Å². The lowest BCUT2D eigenvalue weighted by Crippen LogP contribution is -2.40. The first-order valence-electron chi connectivity index (χ1n) is 7.67. The van der Waals surface area contributed by atoms with Gasteiger partial charge in [-0.3, -0.25) is 4.90 Å². The van der Waals surface area contributed by atoms with Gasteiger partial charge in [-0.15, -0.1) is 24.8 Å². The van der Waals surface area contributed by atoms with Crippen LogP contribution in [-0.2, 0) is 11.3 Å². The van der Waals surface area contributed by atoms with E-state index in [1.54, 1.807) is 18.2 Å². The van der Waals surface area contributed by atoms with Gasteiger partial charge in [0, 0.05) is 26.2 Å². The molecule has 0 spiro atoms. The number of hydrogen-bond acceptors (Lipinski definition) is 4. The molecule has 0 radical (unpaired) electrons. The van der Waals surface area contributed by atoms with Gasteiger partial charge in [0.25, 0.3) is 0 Å². The van der Waals surface area contributed by atoms with Gasteiger partial charge in [-0.1, -0.05) is 12.1 Å². The molecule has 0 aliphatic carbocycles. The first kappa shape index (κ1) is 20.9. The van der Waals surface area contributed by atoms with Gasteiger partial charge in [-0.2, -0.15) is 0 Å². The minimum atomic E-state index is -0.260. The number of hydrogen-bond donors (Lipinski definition) is 1. The van der Waals surface area contributed by atoms with Crippen LogP contribution in [0.15, 0.2) is 40.8 Å². The van der Waals surface area contributed by atoms with Gasteiger partial charge in [0.15, 0.2) is 0 Å². The Balaban J connectivity index is 0.00000144. The Morgan fingerprint density at radius 3 is 2.54 bits per heavy atom. The summed E-state index contributed by atoms with van der Waals surface area (Å²) in [5, 5.41) is 3.36. The van der Waals surface area contributed by atoms with Gasteiger partial charge >= 0.3 is 0 Å². The van der Waals surface area contributed by atoms with Crippen molar-refractivity contribution in [2.24, 2.45) is 0 Å². The molecule has 0 atom stereocenters. The highest BCUT2D eigenvalue weighted by Gasteiger charge is 2.10. The van der Waals surface area contributed by atoms with E-state index in [0.29, 0.717) is 17.9 Å². The average molecular weight is 377 g/mol. The van der Waals surface area contributed by atoms with Crippen LogP contribution in [0.1, 0.15) is 5.76 Å². The largest absolute Gasteiger partial charge is 0.460 e. The second kappa shape index (κ2) is 10.7. The van der Waals surface area contributed by atoms with Crippen LogP contribution < -0.4 is 5.32 Å². The highest BCUT2D eigenvalue weighted by molar-refractivity contribution is 5.85. The van der Waals surface area contributed by atoms with Crippen molar-refractivity contribution in [2.75, 3.05) is 39.4 Å². The quantitative estimate of drug-likeness (QED) is 0.784. The number of rotatable bonds is 6. The smallest absolute Gasteiger partial charge is 0.137 e. The van der Waals surface area contributed by atoms with E-state index >= 15 is 0 Å². The summed E-state index contributed by atoms with van der Waals surface area (Å²) in [6.07, 6.45) is 0. The minimum absolute atomic E-state index is 0. The van der Waals surface area contributed by atoms with Crippen molar-refractivity contribution in [3.8, 4) is 11.3 Å². The minimum Gasteiger partial charge on any atom is -0.460 e. The summed E-state index contributed by atoms with van der Waals surface area (Å²) in [4.78, 5) is 2.38. The van der Waals surface area contributed by atoms with Crippen molar-refractivity contribution < 1.29 is 13.5 Å². The molecule has 1 aliphatic heterocycles. The van der Waals surface area contributed by atoms with Crippen molar-refractivity contribution in [3.05, 3.63) is 48.0 Å². The molecule has 3 rings (SSSR count). The Morgan fingerprint density at radius 2 is 1.79 bits per heavy atom. The number of nitrogens with one attached hydrogen (secondary N) is 1. The summed E-state index contributed by atoms with van der Waals surface area (Å²) >= 11 is 0. The SMILES string of the molecule is Cl.Cl.Fc1ccccc1-c1ccc(CNCCN2CCOCC2)o1. The van der Waals surface area contributed by atoms with Crippen molar-refractivity contribution in [2.45, 2.75) is 6.54 Å². The summed E-state index contributed by atoms with van der Waals surface area (Å²) in [6.45, 7) is 6.20. The van der Waals surface area contributed by atoms with Crippen molar-refractivity contribution in [3.63, 3.8) is 0 Å². The van der Waals surface area contributed by atoms with Crippen LogP contribution in [0.25, 0.3) is 11.3 Å². The number of ether oxygens (including phenoxy) is 1. The van der Waals surface area contributed by atoms with Crippen molar-refractivity contribution in [1.29, 1.82) is 0 Å². The van der Waals surface area contributed by atoms with Gasteiger partial charge in [0.1, 0.15) is 17.3 Å². The highest BCUT2D eigenvalue weighted by atomic mass is 35.5. The standard InChI is InChI=1S/C17H21FN2O2.2ClH/c18-16-4-2-1-3-15(16)17-6-5-14(22-17)13-19-7-8-20-9-11-21-12-10-20;;/h1-6,19H,7-13H2;2*1H. The molecule has 1 aliphatic rings. The molecule has 1 N–H and O–H groups in total. The summed E-state index contributed by atoms with van der Waals surface area (Å²) in [6, 6.07) is 10.4. The molecule has 4 nitrogen and oxygen atoms in total. The maximum absolute atomic E-state index is 13.7. The molecular formula is C17H23Cl2FN2O2. The zero-order valence-electron chi connectivity index (χ0n) is 13.4. The first-order valence-corrected chi connectivity index (χ1v) is 7.67. The number of benzene rings is 1. The third kappa shape index (κ3) is 5.76. The fourth-order valence-electron chi connectivity index (χ4n) is 2.55. The molecule has 0 amide bonds.